The van der Waals surface area contributed by atoms with Crippen molar-refractivity contribution in [2.24, 2.45) is 0 Å². The predicted molar refractivity (Wildman–Crippen MR) is 31.8 cm³/mol. The van der Waals surface area contributed by atoms with Crippen molar-refractivity contribution < 1.29 is 18.0 Å². The molecule has 0 spiro atoms. The van der Waals surface area contributed by atoms with Gasteiger partial charge in [0.15, 0.2) is 0 Å². The highest BCUT2D eigenvalue weighted by atomic mass is 19.2. The Hall–Kier alpha value is -1.32. The monoisotopic (exact) mass is 160 g/mol. The van der Waals surface area contributed by atoms with Crippen LogP contribution in [0, 0.1) is 11.6 Å². The minimum absolute atomic E-state index is 0.815. The zero-order valence-electron chi connectivity index (χ0n) is 5.27. The van der Waals surface area contributed by atoms with Gasteiger partial charge in [-0.25, -0.2) is 8.78 Å². The molecule has 0 heterocycles. The molecule has 0 atom stereocenters. The Morgan fingerprint density at radius 1 is 1.18 bits per heavy atom. The Morgan fingerprint density at radius 2 is 1.64 bits per heavy atom. The summed E-state index contributed by atoms with van der Waals surface area (Å²) in [7, 11) is 0. The summed E-state index contributed by atoms with van der Waals surface area (Å²) in [6.07, 6.45) is 0. The summed E-state index contributed by atoms with van der Waals surface area (Å²) in [5.74, 6) is -2.37. The number of halogens is 3. The van der Waals surface area contributed by atoms with Crippen molar-refractivity contribution >= 4 is 6.04 Å². The Morgan fingerprint density at radius 3 is 1.91 bits per heavy atom. The number of carbonyl (C=O) groups is 1. The molecule has 58 valence electrons. The van der Waals surface area contributed by atoms with Crippen LogP contribution in [-0.2, 0) is 0 Å². The van der Waals surface area contributed by atoms with E-state index in [1.807, 2.05) is 0 Å². The van der Waals surface area contributed by atoms with E-state index in [-0.39, 0.29) is 0 Å². The summed E-state index contributed by atoms with van der Waals surface area (Å²) in [5, 5.41) is 0. The summed E-state index contributed by atoms with van der Waals surface area (Å²) in [4.78, 5) is 9.94. The molecule has 1 aromatic rings. The Labute approximate surface area is 60.5 Å². The van der Waals surface area contributed by atoms with E-state index in [0.29, 0.717) is 0 Å². The van der Waals surface area contributed by atoms with Crippen LogP contribution in [0.2, 0.25) is 0 Å². The zero-order valence-corrected chi connectivity index (χ0v) is 5.27. The highest BCUT2D eigenvalue weighted by Gasteiger charge is 2.15. The molecule has 0 aliphatic carbocycles. The van der Waals surface area contributed by atoms with Crippen LogP contribution in [0.1, 0.15) is 10.4 Å². The fourth-order valence-electron chi connectivity index (χ4n) is 0.686. The highest BCUT2D eigenvalue weighted by molar-refractivity contribution is 5.88. The quantitative estimate of drug-likeness (QED) is 0.574. The Bertz CT molecular complexity index is 275. The maximum Gasteiger partial charge on any atom is 0.338 e. The molecule has 0 fully saturated rings. The maximum atomic E-state index is 12.4. The first-order valence-corrected chi connectivity index (χ1v) is 2.77. The van der Waals surface area contributed by atoms with Gasteiger partial charge in [-0.3, -0.25) is 4.79 Å². The van der Waals surface area contributed by atoms with Crippen molar-refractivity contribution in [1.82, 2.24) is 0 Å². The van der Waals surface area contributed by atoms with E-state index in [1.54, 1.807) is 0 Å². The summed E-state index contributed by atoms with van der Waals surface area (Å²) >= 11 is 0. The van der Waals surface area contributed by atoms with Gasteiger partial charge in [0.25, 0.3) is 0 Å². The van der Waals surface area contributed by atoms with Crippen molar-refractivity contribution in [2.45, 2.75) is 0 Å². The lowest BCUT2D eigenvalue weighted by Gasteiger charge is -1.95. The molecule has 0 unspecified atom stereocenters. The van der Waals surface area contributed by atoms with E-state index < -0.39 is 23.2 Å². The van der Waals surface area contributed by atoms with Gasteiger partial charge < -0.3 is 0 Å². The van der Waals surface area contributed by atoms with Crippen LogP contribution < -0.4 is 0 Å². The molecule has 11 heavy (non-hydrogen) atoms. The van der Waals surface area contributed by atoms with E-state index in [0.717, 1.165) is 18.2 Å². The molecular weight excluding hydrogens is 157 g/mol. The molecule has 0 N–H and O–H groups in total. The second-order valence-electron chi connectivity index (χ2n) is 1.87. The molecule has 1 nitrogen and oxygen atoms in total. The smallest absolute Gasteiger partial charge is 0.255 e. The Balaban J connectivity index is 3.32. The minimum Gasteiger partial charge on any atom is -0.255 e. The lowest BCUT2D eigenvalue weighted by atomic mass is 10.2. The third-order valence-corrected chi connectivity index (χ3v) is 1.16. The summed E-state index contributed by atoms with van der Waals surface area (Å²) in [5.41, 5.74) is -1.13. The number of carbonyl (C=O) groups excluding carboxylic acids is 1. The van der Waals surface area contributed by atoms with Crippen molar-refractivity contribution in [2.75, 3.05) is 0 Å². The van der Waals surface area contributed by atoms with E-state index in [2.05, 4.69) is 0 Å². The molecule has 0 saturated heterocycles. The Kier molecular flexibility index (Phi) is 1.94. The van der Waals surface area contributed by atoms with Crippen LogP contribution in [0.5, 0.6) is 0 Å². The summed E-state index contributed by atoms with van der Waals surface area (Å²) < 4.78 is 36.6. The summed E-state index contributed by atoms with van der Waals surface area (Å²) in [6.45, 7) is 0. The fourth-order valence-corrected chi connectivity index (χ4v) is 0.686. The molecule has 0 bridgehead atoms. The van der Waals surface area contributed by atoms with E-state index in [9.17, 15) is 18.0 Å². The second-order valence-corrected chi connectivity index (χ2v) is 1.87. The molecule has 0 aliphatic rings. The van der Waals surface area contributed by atoms with Gasteiger partial charge in [-0.2, -0.15) is 4.39 Å². The molecule has 1 rings (SSSR count). The molecule has 0 amide bonds. The molecule has 4 heteroatoms. The molecule has 0 aromatic heterocycles. The van der Waals surface area contributed by atoms with Gasteiger partial charge in [0, 0.05) is 0 Å². The van der Waals surface area contributed by atoms with Gasteiger partial charge in [-0.15, -0.1) is 0 Å². The molecule has 0 saturated carbocycles. The van der Waals surface area contributed by atoms with Gasteiger partial charge in [-0.1, -0.05) is 6.07 Å². The van der Waals surface area contributed by atoms with E-state index in [4.69, 9.17) is 0 Å². The first-order chi connectivity index (χ1) is 5.13. The first-order valence-electron chi connectivity index (χ1n) is 2.77. The average molecular weight is 160 g/mol. The van der Waals surface area contributed by atoms with Crippen LogP contribution in [0.4, 0.5) is 13.2 Å². The van der Waals surface area contributed by atoms with Gasteiger partial charge in [0.1, 0.15) is 17.2 Å². The third-order valence-electron chi connectivity index (χ3n) is 1.16. The van der Waals surface area contributed by atoms with Crippen molar-refractivity contribution in [1.29, 1.82) is 0 Å². The van der Waals surface area contributed by atoms with Gasteiger partial charge in [-0.05, 0) is 12.1 Å². The lowest BCUT2D eigenvalue weighted by Crippen LogP contribution is -1.99. The van der Waals surface area contributed by atoms with Crippen LogP contribution >= 0.6 is 0 Å². The highest BCUT2D eigenvalue weighted by Crippen LogP contribution is 2.12. The number of rotatable bonds is 1. The molecular formula is C7H3F3O. The zero-order chi connectivity index (χ0) is 8.43. The number of benzene rings is 1. The van der Waals surface area contributed by atoms with Gasteiger partial charge >= 0.3 is 6.04 Å². The van der Waals surface area contributed by atoms with Gasteiger partial charge in [0.05, 0.1) is 0 Å². The van der Waals surface area contributed by atoms with Gasteiger partial charge in [0.2, 0.25) is 0 Å². The van der Waals surface area contributed by atoms with Crippen molar-refractivity contribution in [3.8, 4) is 0 Å². The average Bonchev–Trinajstić information content (AvgIpc) is 1.85. The first kappa shape index (κ1) is 7.78. The maximum absolute atomic E-state index is 12.4. The van der Waals surface area contributed by atoms with Crippen LogP contribution in [-0.4, -0.2) is 6.04 Å². The third kappa shape index (κ3) is 1.39. The van der Waals surface area contributed by atoms with Crippen molar-refractivity contribution in [3.05, 3.63) is 35.4 Å². The summed E-state index contributed by atoms with van der Waals surface area (Å²) in [6, 6.07) is 0.587. The molecule has 0 aliphatic heterocycles. The van der Waals surface area contributed by atoms with Crippen LogP contribution in [0.3, 0.4) is 0 Å². The number of hydrogen-bond donors (Lipinski definition) is 0. The van der Waals surface area contributed by atoms with Crippen LogP contribution in [0.15, 0.2) is 18.2 Å². The second kappa shape index (κ2) is 2.74. The van der Waals surface area contributed by atoms with E-state index in [1.165, 1.54) is 0 Å². The largest absolute Gasteiger partial charge is 0.338 e. The molecule has 1 aromatic carbocycles. The fraction of sp³-hybridized carbons (Fsp3) is 0. The van der Waals surface area contributed by atoms with Crippen molar-refractivity contribution in [3.63, 3.8) is 0 Å². The van der Waals surface area contributed by atoms with E-state index >= 15 is 0 Å². The number of hydrogen-bond acceptors (Lipinski definition) is 1. The van der Waals surface area contributed by atoms with Crippen LogP contribution in [0.25, 0.3) is 0 Å². The SMILES string of the molecule is O=C(F)c1c(F)cccc1F. The standard InChI is InChI=1S/C7H3F3O/c8-4-2-1-3-5(9)6(4)7(10)11/h1-3H. The lowest BCUT2D eigenvalue weighted by molar-refractivity contribution is 0.0826. The molecule has 0 radical (unpaired) electrons. The predicted octanol–water partition coefficient (Wildman–Crippen LogP) is 2.07. The topological polar surface area (TPSA) is 17.1 Å². The normalized spacial score (nSPS) is 9.73. The minimum atomic E-state index is -2.10.